The van der Waals surface area contributed by atoms with Gasteiger partial charge in [-0.25, -0.2) is 4.98 Å². The number of H-pyrrole nitrogens is 1. The van der Waals surface area contributed by atoms with Gasteiger partial charge in [0.25, 0.3) is 0 Å². The highest BCUT2D eigenvalue weighted by Crippen LogP contribution is 2.12. The molecule has 0 saturated heterocycles. The molecule has 0 amide bonds. The number of aromatic nitrogens is 4. The number of hydrogen-bond donors (Lipinski definition) is 1. The minimum atomic E-state index is -1.19. The number of aliphatic carboxylic acids is 1. The maximum absolute atomic E-state index is 10.3. The molecule has 0 fully saturated rings. The Morgan fingerprint density at radius 1 is 1.40 bits per heavy atom. The van der Waals surface area contributed by atoms with Crippen molar-refractivity contribution in [1.29, 1.82) is 0 Å². The summed E-state index contributed by atoms with van der Waals surface area (Å²) in [6.45, 7) is 0. The van der Waals surface area contributed by atoms with Gasteiger partial charge in [-0.05, 0) is 12.1 Å². The number of carboxylic acid groups (broad SMARTS) is 1. The number of carboxylic acids is 1. The van der Waals surface area contributed by atoms with Crippen LogP contribution in [0.25, 0.3) is 11.4 Å². The van der Waals surface area contributed by atoms with Crippen LogP contribution in [0.3, 0.4) is 0 Å². The first-order valence-electron chi connectivity index (χ1n) is 4.27. The number of rotatable bonds is 3. The molecule has 0 saturated carbocycles. The van der Waals surface area contributed by atoms with E-state index in [1.807, 2.05) is 0 Å². The summed E-state index contributed by atoms with van der Waals surface area (Å²) < 4.78 is 0. The molecule has 15 heavy (non-hydrogen) atoms. The molecule has 2 aromatic heterocycles. The van der Waals surface area contributed by atoms with E-state index in [4.69, 9.17) is 0 Å². The molecule has 2 aromatic rings. The van der Waals surface area contributed by atoms with Crippen LogP contribution in [-0.2, 0) is 11.2 Å². The van der Waals surface area contributed by atoms with Gasteiger partial charge in [0.05, 0.1) is 0 Å². The summed E-state index contributed by atoms with van der Waals surface area (Å²) >= 11 is 0. The molecule has 0 aliphatic rings. The molecule has 0 radical (unpaired) electrons. The van der Waals surface area contributed by atoms with E-state index >= 15 is 0 Å². The second-order valence-electron chi connectivity index (χ2n) is 2.89. The average Bonchev–Trinajstić information content (AvgIpc) is 2.67. The molecular formula is C9H7N4O2-. The Hall–Kier alpha value is -2.24. The Morgan fingerprint density at radius 3 is 2.80 bits per heavy atom. The van der Waals surface area contributed by atoms with Crippen molar-refractivity contribution in [1.82, 2.24) is 20.2 Å². The van der Waals surface area contributed by atoms with Gasteiger partial charge in [0, 0.05) is 30.3 Å². The van der Waals surface area contributed by atoms with E-state index in [2.05, 4.69) is 20.2 Å². The lowest BCUT2D eigenvalue weighted by atomic mass is 10.2. The van der Waals surface area contributed by atoms with Crippen molar-refractivity contribution in [2.75, 3.05) is 0 Å². The molecule has 76 valence electrons. The summed E-state index contributed by atoms with van der Waals surface area (Å²) in [5.41, 5.74) is 0.783. The van der Waals surface area contributed by atoms with Gasteiger partial charge in [0.1, 0.15) is 5.82 Å². The normalized spacial score (nSPS) is 10.1. The molecular weight excluding hydrogens is 196 g/mol. The van der Waals surface area contributed by atoms with Gasteiger partial charge in [-0.3, -0.25) is 10.1 Å². The lowest BCUT2D eigenvalue weighted by molar-refractivity contribution is -0.304. The van der Waals surface area contributed by atoms with E-state index in [1.165, 1.54) is 0 Å². The van der Waals surface area contributed by atoms with Crippen LogP contribution < -0.4 is 5.11 Å². The van der Waals surface area contributed by atoms with Crippen LogP contribution in [0.15, 0.2) is 24.5 Å². The number of carbonyl (C=O) groups excluding carboxylic acids is 1. The molecule has 0 aliphatic carbocycles. The monoisotopic (exact) mass is 203 g/mol. The predicted octanol–water partition coefficient (Wildman–Crippen LogP) is -0.841. The Morgan fingerprint density at radius 2 is 2.13 bits per heavy atom. The first-order chi connectivity index (χ1) is 7.25. The third-order valence-electron chi connectivity index (χ3n) is 1.78. The number of aromatic amines is 1. The lowest BCUT2D eigenvalue weighted by Gasteiger charge is -1.95. The molecule has 0 bridgehead atoms. The van der Waals surface area contributed by atoms with Crippen molar-refractivity contribution >= 4 is 5.97 Å². The molecule has 0 spiro atoms. The third-order valence-corrected chi connectivity index (χ3v) is 1.78. The first-order valence-corrected chi connectivity index (χ1v) is 4.27. The summed E-state index contributed by atoms with van der Waals surface area (Å²) in [6.07, 6.45) is 2.96. The molecule has 1 N–H and O–H groups in total. The zero-order valence-corrected chi connectivity index (χ0v) is 7.67. The summed E-state index contributed by atoms with van der Waals surface area (Å²) in [7, 11) is 0. The van der Waals surface area contributed by atoms with Gasteiger partial charge in [-0.15, -0.1) is 0 Å². The quantitative estimate of drug-likeness (QED) is 0.701. The Bertz CT molecular complexity index is 466. The molecule has 2 heterocycles. The first kappa shape index (κ1) is 9.32. The van der Waals surface area contributed by atoms with Crippen LogP contribution in [0.2, 0.25) is 0 Å². The zero-order chi connectivity index (χ0) is 10.7. The third kappa shape index (κ3) is 2.16. The predicted molar refractivity (Wildman–Crippen MR) is 48.3 cm³/mol. The van der Waals surface area contributed by atoms with Crippen molar-refractivity contribution in [2.24, 2.45) is 0 Å². The second-order valence-corrected chi connectivity index (χ2v) is 2.89. The van der Waals surface area contributed by atoms with Crippen LogP contribution in [0.4, 0.5) is 0 Å². The van der Waals surface area contributed by atoms with Crippen LogP contribution >= 0.6 is 0 Å². The number of pyridine rings is 1. The topological polar surface area (TPSA) is 94.6 Å². The SMILES string of the molecule is O=C([O-])Cc1nc(-c2ccncc2)n[nH]1. The highest BCUT2D eigenvalue weighted by Gasteiger charge is 2.04. The average molecular weight is 203 g/mol. The molecule has 0 aromatic carbocycles. The van der Waals surface area contributed by atoms with Gasteiger partial charge >= 0.3 is 0 Å². The van der Waals surface area contributed by atoms with Gasteiger partial charge in [-0.2, -0.15) is 5.10 Å². The smallest absolute Gasteiger partial charge is 0.181 e. The standard InChI is InChI=1S/C9H8N4O2/c14-8(15)5-7-11-9(13-12-7)6-1-3-10-4-2-6/h1-4H,5H2,(H,14,15)(H,11,12,13)/p-1. The lowest BCUT2D eigenvalue weighted by Crippen LogP contribution is -2.24. The Balaban J connectivity index is 2.24. The minimum Gasteiger partial charge on any atom is -0.550 e. The highest BCUT2D eigenvalue weighted by atomic mass is 16.4. The van der Waals surface area contributed by atoms with Crippen LogP contribution in [0.1, 0.15) is 5.82 Å². The van der Waals surface area contributed by atoms with E-state index in [-0.39, 0.29) is 12.2 Å². The van der Waals surface area contributed by atoms with Crippen molar-refractivity contribution < 1.29 is 9.90 Å². The van der Waals surface area contributed by atoms with E-state index < -0.39 is 5.97 Å². The Kier molecular flexibility index (Phi) is 2.40. The largest absolute Gasteiger partial charge is 0.550 e. The van der Waals surface area contributed by atoms with Gasteiger partial charge in [-0.1, -0.05) is 0 Å². The summed E-state index contributed by atoms with van der Waals surface area (Å²) in [5.74, 6) is -0.456. The maximum atomic E-state index is 10.3. The van der Waals surface area contributed by atoms with Crippen LogP contribution in [0.5, 0.6) is 0 Å². The summed E-state index contributed by atoms with van der Waals surface area (Å²) in [6, 6.07) is 3.48. The fourth-order valence-corrected chi connectivity index (χ4v) is 1.14. The molecule has 6 nitrogen and oxygen atoms in total. The van der Waals surface area contributed by atoms with Gasteiger partial charge in [0.15, 0.2) is 5.82 Å². The fraction of sp³-hybridized carbons (Fsp3) is 0.111. The highest BCUT2D eigenvalue weighted by molar-refractivity contribution is 5.67. The zero-order valence-electron chi connectivity index (χ0n) is 7.67. The number of carbonyl (C=O) groups is 1. The van der Waals surface area contributed by atoms with Crippen molar-refractivity contribution in [3.8, 4) is 11.4 Å². The van der Waals surface area contributed by atoms with Crippen LogP contribution in [0, 0.1) is 0 Å². The van der Waals surface area contributed by atoms with E-state index in [9.17, 15) is 9.90 Å². The van der Waals surface area contributed by atoms with Crippen molar-refractivity contribution in [3.05, 3.63) is 30.4 Å². The van der Waals surface area contributed by atoms with Gasteiger partial charge < -0.3 is 9.90 Å². The number of hydrogen-bond acceptors (Lipinski definition) is 5. The van der Waals surface area contributed by atoms with Crippen molar-refractivity contribution in [2.45, 2.75) is 6.42 Å². The molecule has 6 heteroatoms. The Labute approximate surface area is 85.0 Å². The minimum absolute atomic E-state index is 0.266. The molecule has 0 atom stereocenters. The fourth-order valence-electron chi connectivity index (χ4n) is 1.14. The molecule has 0 aliphatic heterocycles. The number of nitrogens with zero attached hydrogens (tertiary/aromatic N) is 3. The van der Waals surface area contributed by atoms with E-state index in [0.717, 1.165) is 5.56 Å². The van der Waals surface area contributed by atoms with E-state index in [0.29, 0.717) is 5.82 Å². The second kappa shape index (κ2) is 3.87. The molecule has 2 rings (SSSR count). The summed E-state index contributed by atoms with van der Waals surface area (Å²) in [4.78, 5) is 18.2. The number of nitrogens with one attached hydrogen (secondary N) is 1. The van der Waals surface area contributed by atoms with Crippen LogP contribution in [-0.4, -0.2) is 26.1 Å². The van der Waals surface area contributed by atoms with Gasteiger partial charge in [0.2, 0.25) is 0 Å². The van der Waals surface area contributed by atoms with Crippen molar-refractivity contribution in [3.63, 3.8) is 0 Å². The molecule has 0 unspecified atom stereocenters. The summed E-state index contributed by atoms with van der Waals surface area (Å²) in [5, 5.41) is 16.7. The van der Waals surface area contributed by atoms with E-state index in [1.54, 1.807) is 24.5 Å². The maximum Gasteiger partial charge on any atom is 0.181 e.